The minimum absolute atomic E-state index is 0.00179. The second-order valence-electron chi connectivity index (χ2n) is 28.4. The van der Waals surface area contributed by atoms with Gasteiger partial charge in [0.15, 0.2) is 0 Å². The van der Waals surface area contributed by atoms with Gasteiger partial charge in [-0.3, -0.25) is 0 Å². The number of anilines is 8. The molecule has 0 N–H and O–H groups in total. The van der Waals surface area contributed by atoms with Crippen LogP contribution < -0.4 is 31.1 Å². The number of nitrogens with zero attached hydrogens (tertiary/aromatic N) is 3. The standard InChI is InChI=1S/C70H74BN3O/c1-40-30-58-63-59(31-40)73-54-37-49-45(32-41(54)2)65(6,7)28-29-68(49,12)48-38-55-50(34-44(48)64(3,4)5)69(13)26-17-18-27-70(69,14)74(55)42-24-25-51(56(73)33-42)71(63)52-35-46-47(67(10,11)39-66(46,8)9)36-57(52)72(58)53-21-19-23-61-62(53)43-20-15-16-22-60(43)75-61/h15-16,19-25,30-38H,17-18,26-29,39H2,1-14H3. The van der Waals surface area contributed by atoms with E-state index in [1.165, 1.54) is 137 Å². The average Bonchev–Trinajstić information content (AvgIpc) is 3.90. The van der Waals surface area contributed by atoms with Gasteiger partial charge < -0.3 is 19.1 Å². The highest BCUT2D eigenvalue weighted by atomic mass is 16.3. The van der Waals surface area contributed by atoms with E-state index >= 15 is 0 Å². The number of benzene rings is 7. The first-order chi connectivity index (χ1) is 35.4. The molecule has 0 radical (unpaired) electrons. The summed E-state index contributed by atoms with van der Waals surface area (Å²) in [4.78, 5) is 8.31. The quantitative estimate of drug-likeness (QED) is 0.153. The summed E-state index contributed by atoms with van der Waals surface area (Å²) in [6, 6.07) is 44.3. The Morgan fingerprint density at radius 3 is 1.92 bits per heavy atom. The van der Waals surface area contributed by atoms with E-state index in [-0.39, 0.29) is 44.7 Å². The Balaban J connectivity index is 1.10. The van der Waals surface area contributed by atoms with E-state index < -0.39 is 0 Å². The van der Waals surface area contributed by atoms with Crippen molar-refractivity contribution < 1.29 is 4.42 Å². The predicted octanol–water partition coefficient (Wildman–Crippen LogP) is 17.0. The summed E-state index contributed by atoms with van der Waals surface area (Å²) < 4.78 is 6.71. The molecule has 1 aromatic heterocycles. The van der Waals surface area contributed by atoms with Gasteiger partial charge in [0.25, 0.3) is 6.71 Å². The Bertz CT molecular complexity index is 3900. The van der Waals surface area contributed by atoms with Gasteiger partial charge in [0.1, 0.15) is 11.2 Å². The molecule has 4 nitrogen and oxygen atoms in total. The van der Waals surface area contributed by atoms with Crippen LogP contribution in [0.1, 0.15) is 178 Å². The molecule has 3 aliphatic carbocycles. The fraction of sp³-hybridized carbons (Fsp3) is 0.400. The van der Waals surface area contributed by atoms with Gasteiger partial charge in [0.05, 0.1) is 16.6 Å². The van der Waals surface area contributed by atoms with E-state index in [4.69, 9.17) is 4.42 Å². The van der Waals surface area contributed by atoms with Gasteiger partial charge in [0, 0.05) is 56.0 Å². The van der Waals surface area contributed by atoms with Crippen LogP contribution in [-0.4, -0.2) is 12.3 Å². The molecular weight excluding hydrogens is 910 g/mol. The fourth-order valence-corrected chi connectivity index (χ4v) is 17.5. The zero-order valence-electron chi connectivity index (χ0n) is 47.2. The summed E-state index contributed by atoms with van der Waals surface area (Å²) in [5.74, 6) is 0. The SMILES string of the molecule is Cc1cc2c3c(c1)N(c1cccc4oc5ccccc5c14)c1cc4c(cc1B3c1ccc3cc1N2c1cc2c(cc1C)C(C)(C)CCC2(C)c1cc2c(cc1C(C)(C)C)C1(C)CCCCC1(C)N32)C(C)(C)CC4(C)C. The van der Waals surface area contributed by atoms with Crippen molar-refractivity contribution in [1.29, 1.82) is 0 Å². The van der Waals surface area contributed by atoms with Crippen molar-refractivity contribution in [3.8, 4) is 0 Å². The van der Waals surface area contributed by atoms with Crippen molar-refractivity contribution in [3.63, 3.8) is 0 Å². The monoisotopic (exact) mass is 984 g/mol. The van der Waals surface area contributed by atoms with Crippen LogP contribution in [0.2, 0.25) is 0 Å². The molecule has 6 bridgehead atoms. The molecule has 378 valence electrons. The first-order valence-corrected chi connectivity index (χ1v) is 28.6. The Morgan fingerprint density at radius 2 is 1.16 bits per heavy atom. The maximum Gasteiger partial charge on any atom is 0.252 e. The molecule has 3 atom stereocenters. The maximum atomic E-state index is 6.71. The second kappa shape index (κ2) is 14.2. The molecule has 7 aliphatic rings. The lowest BCUT2D eigenvalue weighted by atomic mass is 9.33. The Kier molecular flexibility index (Phi) is 8.76. The number of hydrogen-bond donors (Lipinski definition) is 0. The molecular formula is C70H74BN3O. The Morgan fingerprint density at radius 1 is 0.507 bits per heavy atom. The number of rotatable bonds is 1. The summed E-state index contributed by atoms with van der Waals surface area (Å²) in [6.07, 6.45) is 8.23. The van der Waals surface area contributed by atoms with Crippen LogP contribution in [-0.2, 0) is 32.5 Å². The van der Waals surface area contributed by atoms with Gasteiger partial charge >= 0.3 is 0 Å². The third kappa shape index (κ3) is 5.71. The van der Waals surface area contributed by atoms with Crippen molar-refractivity contribution in [2.24, 2.45) is 0 Å². The molecule has 5 heteroatoms. The van der Waals surface area contributed by atoms with E-state index in [1.807, 2.05) is 0 Å². The largest absolute Gasteiger partial charge is 0.456 e. The van der Waals surface area contributed by atoms with Crippen LogP contribution in [0.15, 0.2) is 114 Å². The van der Waals surface area contributed by atoms with Crippen molar-refractivity contribution in [2.45, 2.75) is 180 Å². The first kappa shape index (κ1) is 46.1. The summed E-state index contributed by atoms with van der Waals surface area (Å²) in [5, 5.41) is 2.32. The van der Waals surface area contributed by atoms with Crippen molar-refractivity contribution in [1.82, 2.24) is 0 Å². The van der Waals surface area contributed by atoms with Crippen LogP contribution in [0, 0.1) is 13.8 Å². The summed E-state index contributed by atoms with van der Waals surface area (Å²) in [7, 11) is 0. The molecule has 7 aromatic carbocycles. The predicted molar refractivity (Wildman–Crippen MR) is 318 cm³/mol. The number of hydrogen-bond acceptors (Lipinski definition) is 4. The van der Waals surface area contributed by atoms with Gasteiger partial charge in [-0.1, -0.05) is 138 Å². The Labute approximate surface area is 446 Å². The highest BCUT2D eigenvalue weighted by molar-refractivity contribution is 7.00. The van der Waals surface area contributed by atoms with E-state index in [0.29, 0.717) is 0 Å². The molecule has 8 aromatic rings. The Hall–Kier alpha value is -6.20. The smallest absolute Gasteiger partial charge is 0.252 e. The molecule has 4 aliphatic heterocycles. The molecule has 1 fully saturated rings. The first-order valence-electron chi connectivity index (χ1n) is 28.6. The van der Waals surface area contributed by atoms with Gasteiger partial charge in [-0.15, -0.1) is 0 Å². The van der Waals surface area contributed by atoms with Crippen molar-refractivity contribution in [2.75, 3.05) is 14.7 Å². The third-order valence-electron chi connectivity index (χ3n) is 21.4. The molecule has 3 unspecified atom stereocenters. The zero-order valence-corrected chi connectivity index (χ0v) is 47.2. The normalized spacial score (nSPS) is 24.7. The van der Waals surface area contributed by atoms with Crippen LogP contribution in [0.3, 0.4) is 0 Å². The van der Waals surface area contributed by atoms with Crippen molar-refractivity contribution >= 4 is 90.5 Å². The number of aryl methyl sites for hydroxylation is 2. The summed E-state index contributed by atoms with van der Waals surface area (Å²) in [5.41, 5.74) is 29.3. The van der Waals surface area contributed by atoms with Gasteiger partial charge in [0.2, 0.25) is 0 Å². The average molecular weight is 984 g/mol. The van der Waals surface area contributed by atoms with E-state index in [0.717, 1.165) is 35.8 Å². The number of furan rings is 1. The number of fused-ring (bicyclic) bond motifs is 17. The molecule has 1 saturated carbocycles. The topological polar surface area (TPSA) is 22.9 Å². The molecule has 5 heterocycles. The van der Waals surface area contributed by atoms with Gasteiger partial charge in [-0.05, 0) is 202 Å². The summed E-state index contributed by atoms with van der Waals surface area (Å²) >= 11 is 0. The van der Waals surface area contributed by atoms with Crippen LogP contribution in [0.5, 0.6) is 0 Å². The van der Waals surface area contributed by atoms with Crippen molar-refractivity contribution in [3.05, 3.63) is 159 Å². The van der Waals surface area contributed by atoms with E-state index in [2.05, 4.69) is 221 Å². The molecule has 0 saturated heterocycles. The molecule has 0 amide bonds. The van der Waals surface area contributed by atoms with Crippen LogP contribution in [0.25, 0.3) is 21.9 Å². The highest BCUT2D eigenvalue weighted by Gasteiger charge is 2.59. The lowest BCUT2D eigenvalue weighted by Crippen LogP contribution is -2.61. The van der Waals surface area contributed by atoms with Gasteiger partial charge in [-0.2, -0.15) is 0 Å². The van der Waals surface area contributed by atoms with Crippen LogP contribution in [0.4, 0.5) is 45.5 Å². The lowest BCUT2D eigenvalue weighted by molar-refractivity contribution is 0.195. The maximum absolute atomic E-state index is 6.71. The minimum atomic E-state index is -0.213. The zero-order chi connectivity index (χ0) is 52.1. The van der Waals surface area contributed by atoms with E-state index in [9.17, 15) is 0 Å². The third-order valence-corrected chi connectivity index (χ3v) is 21.4. The number of para-hydroxylation sites is 1. The second-order valence-corrected chi connectivity index (χ2v) is 28.4. The fourth-order valence-electron chi connectivity index (χ4n) is 17.5. The molecule has 0 spiro atoms. The minimum Gasteiger partial charge on any atom is -0.456 e. The molecule has 75 heavy (non-hydrogen) atoms. The van der Waals surface area contributed by atoms with Crippen LogP contribution >= 0.6 is 0 Å². The lowest BCUT2D eigenvalue weighted by Gasteiger charge is -2.51. The highest BCUT2D eigenvalue weighted by Crippen LogP contribution is 2.64. The van der Waals surface area contributed by atoms with E-state index in [1.54, 1.807) is 5.56 Å². The van der Waals surface area contributed by atoms with Gasteiger partial charge in [-0.25, -0.2) is 0 Å². The summed E-state index contributed by atoms with van der Waals surface area (Å²) in [6.45, 7) is 35.0. The molecule has 15 rings (SSSR count).